The molecule has 0 aromatic heterocycles. The van der Waals surface area contributed by atoms with Gasteiger partial charge in [0.1, 0.15) is 5.67 Å². The van der Waals surface area contributed by atoms with Crippen molar-refractivity contribution in [3.63, 3.8) is 0 Å². The zero-order valence-electron chi connectivity index (χ0n) is 8.68. The zero-order chi connectivity index (χ0) is 10.2. The first-order chi connectivity index (χ1) is 6.60. The molecule has 1 nitrogen and oxygen atoms in total. The molecule has 2 rings (SSSR count). The van der Waals surface area contributed by atoms with Crippen molar-refractivity contribution in [3.05, 3.63) is 35.4 Å². The molecule has 2 heteroatoms. The highest BCUT2D eigenvalue weighted by atomic mass is 19.1. The van der Waals surface area contributed by atoms with Crippen LogP contribution in [0.1, 0.15) is 24.5 Å². The van der Waals surface area contributed by atoms with Gasteiger partial charge < -0.3 is 5.32 Å². The fourth-order valence-electron chi connectivity index (χ4n) is 1.90. The van der Waals surface area contributed by atoms with Gasteiger partial charge in [0.15, 0.2) is 0 Å². The van der Waals surface area contributed by atoms with E-state index in [0.717, 1.165) is 24.1 Å². The second-order valence-corrected chi connectivity index (χ2v) is 4.24. The van der Waals surface area contributed by atoms with Crippen molar-refractivity contribution in [3.8, 4) is 0 Å². The van der Waals surface area contributed by atoms with E-state index in [0.29, 0.717) is 0 Å². The minimum absolute atomic E-state index is 0.00991. The van der Waals surface area contributed by atoms with Crippen LogP contribution in [-0.4, -0.2) is 12.6 Å². The summed E-state index contributed by atoms with van der Waals surface area (Å²) in [6.45, 7) is 4.60. The quantitative estimate of drug-likeness (QED) is 0.761. The smallest absolute Gasteiger partial charge is 0.148 e. The number of alkyl halides is 1. The summed E-state index contributed by atoms with van der Waals surface area (Å²) in [6.07, 6.45) is 0.931. The lowest BCUT2D eigenvalue weighted by atomic mass is 9.84. The van der Waals surface area contributed by atoms with E-state index in [4.69, 9.17) is 0 Å². The molecule has 76 valence electrons. The largest absolute Gasteiger partial charge is 0.311 e. The van der Waals surface area contributed by atoms with Gasteiger partial charge in [0.2, 0.25) is 0 Å². The van der Waals surface area contributed by atoms with Gasteiger partial charge in [-0.3, -0.25) is 0 Å². The van der Waals surface area contributed by atoms with Crippen LogP contribution in [0.3, 0.4) is 0 Å². The summed E-state index contributed by atoms with van der Waals surface area (Å²) in [4.78, 5) is 0. The van der Waals surface area contributed by atoms with Gasteiger partial charge in [0.05, 0.1) is 0 Å². The minimum Gasteiger partial charge on any atom is -0.311 e. The lowest BCUT2D eigenvalue weighted by Crippen LogP contribution is -2.53. The van der Waals surface area contributed by atoms with Gasteiger partial charge in [0, 0.05) is 6.04 Å². The Morgan fingerprint density at radius 3 is 2.71 bits per heavy atom. The standard InChI is InChI=1S/C12H16FN/c1-9-4-3-5-10(8-9)12(2,13)11-6-7-14-11/h3-5,8,11,14H,6-7H2,1-2H3. The molecule has 0 bridgehead atoms. The van der Waals surface area contributed by atoms with E-state index in [1.54, 1.807) is 6.92 Å². The Kier molecular flexibility index (Phi) is 2.31. The topological polar surface area (TPSA) is 12.0 Å². The molecule has 1 heterocycles. The highest BCUT2D eigenvalue weighted by Crippen LogP contribution is 2.33. The molecule has 1 fully saturated rings. The molecule has 1 saturated heterocycles. The number of benzene rings is 1. The van der Waals surface area contributed by atoms with Crippen LogP contribution in [0.2, 0.25) is 0 Å². The number of hydrogen-bond donors (Lipinski definition) is 1. The SMILES string of the molecule is Cc1cccc(C(C)(F)C2CCN2)c1. The molecule has 1 N–H and O–H groups in total. The van der Waals surface area contributed by atoms with Crippen LogP contribution in [0.15, 0.2) is 24.3 Å². The van der Waals surface area contributed by atoms with E-state index in [-0.39, 0.29) is 6.04 Å². The lowest BCUT2D eigenvalue weighted by Gasteiger charge is -2.38. The van der Waals surface area contributed by atoms with Crippen LogP contribution in [0.4, 0.5) is 4.39 Å². The van der Waals surface area contributed by atoms with Crippen LogP contribution in [0.5, 0.6) is 0 Å². The van der Waals surface area contributed by atoms with Gasteiger partial charge in [-0.05, 0) is 32.4 Å². The van der Waals surface area contributed by atoms with E-state index in [2.05, 4.69) is 5.32 Å². The average molecular weight is 193 g/mol. The summed E-state index contributed by atoms with van der Waals surface area (Å²) in [5.74, 6) is 0. The first-order valence-electron chi connectivity index (χ1n) is 5.10. The van der Waals surface area contributed by atoms with E-state index in [1.165, 1.54) is 0 Å². The molecule has 0 aliphatic carbocycles. The Balaban J connectivity index is 2.28. The maximum atomic E-state index is 14.4. The third kappa shape index (κ3) is 1.55. The van der Waals surface area contributed by atoms with E-state index >= 15 is 0 Å². The highest BCUT2D eigenvalue weighted by molar-refractivity contribution is 5.29. The van der Waals surface area contributed by atoms with Crippen LogP contribution in [0.25, 0.3) is 0 Å². The maximum absolute atomic E-state index is 14.4. The van der Waals surface area contributed by atoms with Crippen molar-refractivity contribution >= 4 is 0 Å². The third-order valence-electron chi connectivity index (χ3n) is 3.06. The summed E-state index contributed by atoms with van der Waals surface area (Å²) >= 11 is 0. The average Bonchev–Trinajstić information content (AvgIpc) is 2.00. The van der Waals surface area contributed by atoms with Crippen molar-refractivity contribution in [1.82, 2.24) is 5.32 Å². The van der Waals surface area contributed by atoms with E-state index in [1.807, 2.05) is 31.2 Å². The van der Waals surface area contributed by atoms with E-state index in [9.17, 15) is 4.39 Å². The fraction of sp³-hybridized carbons (Fsp3) is 0.500. The Bertz CT molecular complexity index is 329. The molecule has 1 aromatic carbocycles. The van der Waals surface area contributed by atoms with E-state index < -0.39 is 5.67 Å². The van der Waals surface area contributed by atoms with Crippen molar-refractivity contribution in [2.24, 2.45) is 0 Å². The number of nitrogens with one attached hydrogen (secondary N) is 1. The number of hydrogen-bond acceptors (Lipinski definition) is 1. The monoisotopic (exact) mass is 193 g/mol. The molecule has 1 aromatic rings. The Labute approximate surface area is 84.3 Å². The van der Waals surface area contributed by atoms with Gasteiger partial charge >= 0.3 is 0 Å². The third-order valence-corrected chi connectivity index (χ3v) is 3.06. The highest BCUT2D eigenvalue weighted by Gasteiger charge is 2.39. The zero-order valence-corrected chi connectivity index (χ0v) is 8.68. The normalized spacial score (nSPS) is 25.2. The predicted octanol–water partition coefficient (Wildman–Crippen LogP) is 2.54. The molecule has 0 spiro atoms. The summed E-state index contributed by atoms with van der Waals surface area (Å²) < 4.78 is 14.4. The van der Waals surface area contributed by atoms with Crippen LogP contribution in [0, 0.1) is 6.92 Å². The molecule has 0 saturated carbocycles. The first-order valence-corrected chi connectivity index (χ1v) is 5.10. The molecule has 1 aliphatic rings. The minimum atomic E-state index is -1.23. The lowest BCUT2D eigenvalue weighted by molar-refractivity contribution is 0.0858. The second-order valence-electron chi connectivity index (χ2n) is 4.24. The van der Waals surface area contributed by atoms with Crippen LogP contribution in [-0.2, 0) is 5.67 Å². The Morgan fingerprint density at radius 2 is 2.21 bits per heavy atom. The van der Waals surface area contributed by atoms with Crippen LogP contribution < -0.4 is 5.32 Å². The predicted molar refractivity (Wildman–Crippen MR) is 56.0 cm³/mol. The molecule has 14 heavy (non-hydrogen) atoms. The molecule has 0 amide bonds. The van der Waals surface area contributed by atoms with Gasteiger partial charge in [-0.1, -0.05) is 29.8 Å². The second kappa shape index (κ2) is 3.35. The molecule has 1 aliphatic heterocycles. The number of aryl methyl sites for hydroxylation is 1. The molecule has 0 radical (unpaired) electrons. The summed E-state index contributed by atoms with van der Waals surface area (Å²) in [7, 11) is 0. The van der Waals surface area contributed by atoms with Crippen molar-refractivity contribution in [2.45, 2.75) is 32.0 Å². The first kappa shape index (κ1) is 9.66. The van der Waals surface area contributed by atoms with Crippen LogP contribution >= 0.6 is 0 Å². The van der Waals surface area contributed by atoms with Crippen molar-refractivity contribution in [1.29, 1.82) is 0 Å². The molecule has 2 unspecified atom stereocenters. The summed E-state index contributed by atoms with van der Waals surface area (Å²) in [5, 5.41) is 3.13. The molecule has 2 atom stereocenters. The fourth-order valence-corrected chi connectivity index (χ4v) is 1.90. The maximum Gasteiger partial charge on any atom is 0.148 e. The summed E-state index contributed by atoms with van der Waals surface area (Å²) in [6, 6.07) is 7.70. The number of halogens is 1. The van der Waals surface area contributed by atoms with Gasteiger partial charge in [-0.25, -0.2) is 4.39 Å². The summed E-state index contributed by atoms with van der Waals surface area (Å²) in [5.41, 5.74) is 0.671. The van der Waals surface area contributed by atoms with Gasteiger partial charge in [-0.2, -0.15) is 0 Å². The molecular formula is C12H16FN. The molecular weight excluding hydrogens is 177 g/mol. The van der Waals surface area contributed by atoms with Crippen molar-refractivity contribution < 1.29 is 4.39 Å². The number of rotatable bonds is 2. The Hall–Kier alpha value is -0.890. The Morgan fingerprint density at radius 1 is 1.50 bits per heavy atom. The van der Waals surface area contributed by atoms with Crippen molar-refractivity contribution in [2.75, 3.05) is 6.54 Å². The van der Waals surface area contributed by atoms with Gasteiger partial charge in [0.25, 0.3) is 0 Å². The van der Waals surface area contributed by atoms with Gasteiger partial charge in [-0.15, -0.1) is 0 Å².